The lowest BCUT2D eigenvalue weighted by Crippen LogP contribution is -2.50. The van der Waals surface area contributed by atoms with E-state index in [1.165, 1.54) is 12.0 Å². The summed E-state index contributed by atoms with van der Waals surface area (Å²) in [5.74, 6) is -0.410. The standard InChI is InChI=1S/C19H23NO4/c1-18(2)12-9-10-19(18,15(21)11-12)17(23)20(3)14-8-6-5-7-13(14)16(22)24-4/h5-8,12H,9-11H2,1-4H3. The summed E-state index contributed by atoms with van der Waals surface area (Å²) >= 11 is 0. The van der Waals surface area contributed by atoms with Gasteiger partial charge in [0.2, 0.25) is 5.91 Å². The first-order valence-electron chi connectivity index (χ1n) is 8.26. The summed E-state index contributed by atoms with van der Waals surface area (Å²) in [6, 6.07) is 6.83. The predicted molar refractivity (Wildman–Crippen MR) is 89.8 cm³/mol. The third-order valence-electron chi connectivity index (χ3n) is 6.24. The Bertz CT molecular complexity index is 724. The summed E-state index contributed by atoms with van der Waals surface area (Å²) < 4.78 is 4.81. The summed E-state index contributed by atoms with van der Waals surface area (Å²) in [5, 5.41) is 0. The molecule has 0 N–H and O–H groups in total. The van der Waals surface area contributed by atoms with E-state index in [4.69, 9.17) is 4.74 Å². The molecular weight excluding hydrogens is 306 g/mol. The van der Waals surface area contributed by atoms with Crippen molar-refractivity contribution in [1.29, 1.82) is 0 Å². The van der Waals surface area contributed by atoms with Crippen molar-refractivity contribution in [2.45, 2.75) is 33.1 Å². The number of hydrogen-bond donors (Lipinski definition) is 0. The number of carbonyl (C=O) groups excluding carboxylic acids is 3. The molecule has 0 heterocycles. The molecule has 0 aromatic heterocycles. The highest BCUT2D eigenvalue weighted by Gasteiger charge is 2.68. The normalized spacial score (nSPS) is 27.2. The highest BCUT2D eigenvalue weighted by molar-refractivity contribution is 6.16. The Morgan fingerprint density at radius 2 is 1.92 bits per heavy atom. The number of benzene rings is 1. The number of ether oxygens (including phenoxy) is 1. The minimum Gasteiger partial charge on any atom is -0.465 e. The Morgan fingerprint density at radius 1 is 1.25 bits per heavy atom. The first kappa shape index (κ1) is 16.7. The number of rotatable bonds is 3. The number of ketones is 1. The molecule has 1 aromatic rings. The third kappa shape index (κ3) is 1.96. The van der Waals surface area contributed by atoms with Crippen LogP contribution in [0.2, 0.25) is 0 Å². The number of nitrogens with zero attached hydrogens (tertiary/aromatic N) is 1. The predicted octanol–water partition coefficient (Wildman–Crippen LogP) is 2.83. The van der Waals surface area contributed by atoms with Gasteiger partial charge in [-0.1, -0.05) is 26.0 Å². The van der Waals surface area contributed by atoms with Crippen LogP contribution in [0.1, 0.15) is 43.5 Å². The van der Waals surface area contributed by atoms with Crippen LogP contribution in [-0.2, 0) is 14.3 Å². The molecule has 3 rings (SSSR count). The van der Waals surface area contributed by atoms with Crippen LogP contribution >= 0.6 is 0 Å². The Balaban J connectivity index is 2.03. The molecule has 128 valence electrons. The molecule has 1 amide bonds. The number of fused-ring (bicyclic) bond motifs is 2. The fourth-order valence-corrected chi connectivity index (χ4v) is 4.62. The van der Waals surface area contributed by atoms with Crippen LogP contribution in [-0.4, -0.2) is 31.8 Å². The maximum atomic E-state index is 13.4. The smallest absolute Gasteiger partial charge is 0.339 e. The number of carbonyl (C=O) groups is 3. The van der Waals surface area contributed by atoms with Crippen molar-refractivity contribution in [3.8, 4) is 0 Å². The molecule has 2 aliphatic carbocycles. The molecule has 0 radical (unpaired) electrons. The van der Waals surface area contributed by atoms with Gasteiger partial charge >= 0.3 is 5.97 Å². The topological polar surface area (TPSA) is 63.7 Å². The van der Waals surface area contributed by atoms with Gasteiger partial charge in [0.05, 0.1) is 18.4 Å². The van der Waals surface area contributed by atoms with Crippen LogP contribution in [0.25, 0.3) is 0 Å². The molecular formula is C19H23NO4. The van der Waals surface area contributed by atoms with E-state index in [9.17, 15) is 14.4 Å². The van der Waals surface area contributed by atoms with Crippen molar-refractivity contribution < 1.29 is 19.1 Å². The number of Topliss-reactive ketones (excluding diaryl/α,β-unsaturated/α-hetero) is 1. The zero-order chi connectivity index (χ0) is 17.7. The molecule has 2 unspecified atom stereocenters. The fourth-order valence-electron chi connectivity index (χ4n) is 4.62. The van der Waals surface area contributed by atoms with Gasteiger partial charge in [0.15, 0.2) is 0 Å². The molecule has 0 saturated heterocycles. The molecule has 2 fully saturated rings. The first-order valence-corrected chi connectivity index (χ1v) is 8.26. The van der Waals surface area contributed by atoms with Gasteiger partial charge in [-0.3, -0.25) is 9.59 Å². The number of hydrogen-bond acceptors (Lipinski definition) is 4. The van der Waals surface area contributed by atoms with Crippen LogP contribution in [0, 0.1) is 16.7 Å². The second kappa shape index (κ2) is 5.43. The molecule has 1 aromatic carbocycles. The Morgan fingerprint density at radius 3 is 2.46 bits per heavy atom. The lowest BCUT2D eigenvalue weighted by molar-refractivity contribution is -0.142. The van der Waals surface area contributed by atoms with Gasteiger partial charge in [0.25, 0.3) is 0 Å². The SMILES string of the molecule is COC(=O)c1ccccc1N(C)C(=O)C12CCC(CC1=O)C2(C)C. The van der Waals surface area contributed by atoms with Crippen molar-refractivity contribution in [1.82, 2.24) is 0 Å². The van der Waals surface area contributed by atoms with Crippen molar-refractivity contribution in [2.24, 2.45) is 16.7 Å². The van der Waals surface area contributed by atoms with E-state index in [1.54, 1.807) is 31.3 Å². The van der Waals surface area contributed by atoms with Gasteiger partial charge in [0.1, 0.15) is 11.2 Å². The Labute approximate surface area is 142 Å². The lowest BCUT2D eigenvalue weighted by atomic mass is 9.68. The summed E-state index contributed by atoms with van der Waals surface area (Å²) in [4.78, 5) is 39.5. The summed E-state index contributed by atoms with van der Waals surface area (Å²) in [7, 11) is 2.94. The largest absolute Gasteiger partial charge is 0.465 e. The van der Waals surface area contributed by atoms with Crippen molar-refractivity contribution in [3.63, 3.8) is 0 Å². The van der Waals surface area contributed by atoms with Crippen LogP contribution < -0.4 is 4.90 Å². The number of para-hydroxylation sites is 1. The summed E-state index contributed by atoms with van der Waals surface area (Å²) in [6.07, 6.45) is 1.97. The number of anilines is 1. The second-order valence-corrected chi connectivity index (χ2v) is 7.36. The van der Waals surface area contributed by atoms with E-state index in [-0.39, 0.29) is 23.0 Å². The van der Waals surface area contributed by atoms with Gasteiger partial charge in [-0.25, -0.2) is 4.79 Å². The molecule has 0 aliphatic heterocycles. The van der Waals surface area contributed by atoms with Gasteiger partial charge in [-0.2, -0.15) is 0 Å². The molecule has 2 bridgehead atoms. The van der Waals surface area contributed by atoms with E-state index >= 15 is 0 Å². The maximum Gasteiger partial charge on any atom is 0.339 e. The second-order valence-electron chi connectivity index (χ2n) is 7.36. The summed E-state index contributed by atoms with van der Waals surface area (Å²) in [5.41, 5.74) is -0.529. The van der Waals surface area contributed by atoms with Gasteiger partial charge < -0.3 is 9.64 Å². The van der Waals surface area contributed by atoms with E-state index in [1.807, 2.05) is 13.8 Å². The van der Waals surface area contributed by atoms with Crippen LogP contribution in [0.4, 0.5) is 5.69 Å². The Hall–Kier alpha value is -2.17. The molecule has 2 saturated carbocycles. The summed E-state index contributed by atoms with van der Waals surface area (Å²) in [6.45, 7) is 4.04. The maximum absolute atomic E-state index is 13.4. The monoisotopic (exact) mass is 329 g/mol. The van der Waals surface area contributed by atoms with Crippen molar-refractivity contribution >= 4 is 23.3 Å². The zero-order valence-corrected chi connectivity index (χ0v) is 14.6. The van der Waals surface area contributed by atoms with Crippen LogP contribution in [0.15, 0.2) is 24.3 Å². The van der Waals surface area contributed by atoms with Crippen molar-refractivity contribution in [2.75, 3.05) is 19.1 Å². The third-order valence-corrected chi connectivity index (χ3v) is 6.24. The highest BCUT2D eigenvalue weighted by Crippen LogP contribution is 2.64. The van der Waals surface area contributed by atoms with Gasteiger partial charge in [-0.15, -0.1) is 0 Å². The molecule has 2 aliphatic rings. The van der Waals surface area contributed by atoms with Crippen LogP contribution in [0.3, 0.4) is 0 Å². The van der Waals surface area contributed by atoms with Gasteiger partial charge in [0, 0.05) is 13.5 Å². The highest BCUT2D eigenvalue weighted by atomic mass is 16.5. The zero-order valence-electron chi connectivity index (χ0n) is 14.6. The fraction of sp³-hybridized carbons (Fsp3) is 0.526. The quantitative estimate of drug-likeness (QED) is 0.632. The average Bonchev–Trinajstić information content (AvgIpc) is 2.95. The number of esters is 1. The minimum absolute atomic E-state index is 0.0381. The van der Waals surface area contributed by atoms with E-state index in [0.717, 1.165) is 6.42 Å². The minimum atomic E-state index is -0.977. The number of methoxy groups -OCH3 is 1. The van der Waals surface area contributed by atoms with Crippen molar-refractivity contribution in [3.05, 3.63) is 29.8 Å². The van der Waals surface area contributed by atoms with Gasteiger partial charge in [-0.05, 0) is 36.3 Å². The number of amides is 1. The Kier molecular flexibility index (Phi) is 3.78. The molecule has 2 atom stereocenters. The molecule has 0 spiro atoms. The molecule has 5 heteroatoms. The van der Waals surface area contributed by atoms with E-state index in [0.29, 0.717) is 24.1 Å². The average molecular weight is 329 g/mol. The first-order chi connectivity index (χ1) is 11.3. The van der Waals surface area contributed by atoms with Crippen LogP contribution in [0.5, 0.6) is 0 Å². The van der Waals surface area contributed by atoms with E-state index in [2.05, 4.69) is 0 Å². The lowest BCUT2D eigenvalue weighted by Gasteiger charge is -2.38. The molecule has 5 nitrogen and oxygen atoms in total. The van der Waals surface area contributed by atoms with E-state index < -0.39 is 11.4 Å². The molecule has 24 heavy (non-hydrogen) atoms.